The number of aliphatic imine (C=N–C) groups is 1. The van der Waals surface area contributed by atoms with Crippen LogP contribution in [0, 0.1) is 0 Å². The minimum atomic E-state index is -3.80. The van der Waals surface area contributed by atoms with E-state index < -0.39 is 23.0 Å². The lowest BCUT2D eigenvalue weighted by Crippen LogP contribution is -2.33. The molecule has 31 heavy (non-hydrogen) atoms. The Balaban J connectivity index is 1.55. The lowest BCUT2D eigenvalue weighted by atomic mass is 10.2. The molecule has 0 unspecified atom stereocenters. The first-order chi connectivity index (χ1) is 14.7. The first kappa shape index (κ1) is 20.6. The van der Waals surface area contributed by atoms with Crippen molar-refractivity contribution in [3.05, 3.63) is 54.3 Å². The number of nitrogens with one attached hydrogen (secondary N) is 2. The number of ether oxygens (including phenoxy) is 1. The summed E-state index contributed by atoms with van der Waals surface area (Å²) in [6.45, 7) is -0.563. The summed E-state index contributed by atoms with van der Waals surface area (Å²) in [6, 6.07) is 5.99. The number of hydrogen-bond acceptors (Lipinski definition) is 9. The molecule has 14 heteroatoms. The molecular weight excluding hydrogens is 434 g/mol. The smallest absolute Gasteiger partial charge is 0.258 e. The van der Waals surface area contributed by atoms with Crippen molar-refractivity contribution in [3.63, 3.8) is 0 Å². The van der Waals surface area contributed by atoms with Crippen LogP contribution < -0.4 is 25.7 Å². The van der Waals surface area contributed by atoms with Gasteiger partial charge in [0.15, 0.2) is 0 Å². The van der Waals surface area contributed by atoms with Crippen molar-refractivity contribution in [1.82, 2.24) is 20.2 Å². The third kappa shape index (κ3) is 4.29. The molecule has 0 spiro atoms. The zero-order valence-electron chi connectivity index (χ0n) is 16.1. The Morgan fingerprint density at radius 1 is 1.29 bits per heavy atom. The summed E-state index contributed by atoms with van der Waals surface area (Å²) in [4.78, 5) is 4.33. The molecule has 0 amide bonds. The van der Waals surface area contributed by atoms with E-state index in [1.807, 2.05) is 0 Å². The summed E-state index contributed by atoms with van der Waals surface area (Å²) < 4.78 is 54.4. The monoisotopic (exact) mass is 452 g/mol. The molecule has 3 heterocycles. The van der Waals surface area contributed by atoms with Crippen LogP contribution in [0.1, 0.15) is 0 Å². The van der Waals surface area contributed by atoms with Gasteiger partial charge in [0.05, 0.1) is 30.1 Å². The minimum absolute atomic E-state index is 0.00419. The summed E-state index contributed by atoms with van der Waals surface area (Å²) in [5.74, 6) is 0.147. The molecule has 0 atom stereocenters. The van der Waals surface area contributed by atoms with Gasteiger partial charge in [-0.3, -0.25) is 20.5 Å². The molecule has 4 N–H and O–H groups in total. The van der Waals surface area contributed by atoms with Gasteiger partial charge in [-0.05, 0) is 24.3 Å². The third-order valence-electron chi connectivity index (χ3n) is 4.34. The van der Waals surface area contributed by atoms with Crippen LogP contribution in [0.25, 0.3) is 0 Å². The molecule has 2 aromatic rings. The van der Waals surface area contributed by atoms with E-state index in [4.69, 9.17) is 9.88 Å². The molecule has 11 nitrogen and oxygen atoms in total. The Kier molecular flexibility index (Phi) is 5.24. The zero-order valence-corrected chi connectivity index (χ0v) is 16.9. The molecule has 0 bridgehead atoms. The molecule has 2 aliphatic heterocycles. The second-order valence-electron chi connectivity index (χ2n) is 6.48. The highest BCUT2D eigenvalue weighted by Gasteiger charge is 2.25. The maximum Gasteiger partial charge on any atom is 0.258 e. The number of primary sulfonamides is 1. The van der Waals surface area contributed by atoms with E-state index >= 15 is 0 Å². The molecular formula is C17H18F2N8O3S. The lowest BCUT2D eigenvalue weighted by molar-refractivity contribution is 0.121. The highest BCUT2D eigenvalue weighted by Crippen LogP contribution is 2.30. The number of hydrazine groups is 2. The maximum atomic E-state index is 12.6. The largest absolute Gasteiger partial charge is 0.478 e. The molecule has 0 saturated heterocycles. The predicted octanol–water partition coefficient (Wildman–Crippen LogP) is 1.18. The highest BCUT2D eigenvalue weighted by atomic mass is 32.2. The number of benzene rings is 1. The van der Waals surface area contributed by atoms with Crippen LogP contribution in [-0.4, -0.2) is 43.1 Å². The number of hydrogen-bond donors (Lipinski definition) is 3. The number of sulfonamides is 1. The third-order valence-corrected chi connectivity index (χ3v) is 5.26. The van der Waals surface area contributed by atoms with Crippen molar-refractivity contribution >= 4 is 27.7 Å². The van der Waals surface area contributed by atoms with Crippen molar-refractivity contribution < 1.29 is 21.9 Å². The van der Waals surface area contributed by atoms with Gasteiger partial charge in [-0.1, -0.05) is 0 Å². The van der Waals surface area contributed by atoms with Gasteiger partial charge in [0.25, 0.3) is 12.3 Å². The van der Waals surface area contributed by atoms with E-state index in [1.54, 1.807) is 29.5 Å². The predicted molar refractivity (Wildman–Crippen MR) is 108 cm³/mol. The number of halogens is 2. The molecule has 0 aliphatic carbocycles. The second-order valence-corrected chi connectivity index (χ2v) is 8.04. The Hall–Kier alpha value is -3.65. The number of nitrogens with zero attached hydrogens (tertiary/aromatic N) is 5. The first-order valence-corrected chi connectivity index (χ1v) is 10.4. The summed E-state index contributed by atoms with van der Waals surface area (Å²) in [5.41, 5.74) is 8.32. The lowest BCUT2D eigenvalue weighted by Gasteiger charge is -2.26. The minimum Gasteiger partial charge on any atom is -0.478 e. The van der Waals surface area contributed by atoms with Crippen LogP contribution in [0.2, 0.25) is 0 Å². The molecule has 4 rings (SSSR count). The number of rotatable bonds is 7. The number of aromatic nitrogens is 2. The van der Waals surface area contributed by atoms with Gasteiger partial charge in [-0.2, -0.15) is 0 Å². The van der Waals surface area contributed by atoms with E-state index in [2.05, 4.69) is 20.9 Å². The quantitative estimate of drug-likeness (QED) is 0.571. The highest BCUT2D eigenvalue weighted by molar-refractivity contribution is 7.89. The standard InChI is InChI=1S/C17H18F2N8O3S/c1-30-17-14(7-25(24-17)9-16(18)19)23-26-8-15-13(21-10-26)6-22-27(15)11-2-4-12(5-3-11)31(20,28)29/h2-8,10,16,22-23H,9H2,1H3,(H2,20,28,29). The number of methoxy groups -OCH3 is 1. The van der Waals surface area contributed by atoms with Crippen LogP contribution in [0.5, 0.6) is 5.88 Å². The Morgan fingerprint density at radius 3 is 2.68 bits per heavy atom. The van der Waals surface area contributed by atoms with Crippen LogP contribution in [0.3, 0.4) is 0 Å². The molecule has 0 radical (unpaired) electrons. The Labute approximate surface area is 176 Å². The van der Waals surface area contributed by atoms with Gasteiger partial charge >= 0.3 is 0 Å². The maximum absolute atomic E-state index is 12.6. The van der Waals surface area contributed by atoms with Gasteiger partial charge in [0.1, 0.15) is 30.0 Å². The summed E-state index contributed by atoms with van der Waals surface area (Å²) >= 11 is 0. The molecule has 1 aromatic carbocycles. The molecule has 0 saturated carbocycles. The number of anilines is 2. The van der Waals surface area contributed by atoms with E-state index in [0.29, 0.717) is 22.8 Å². The number of alkyl halides is 2. The Morgan fingerprint density at radius 2 is 2.03 bits per heavy atom. The van der Waals surface area contributed by atoms with Crippen LogP contribution in [-0.2, 0) is 16.6 Å². The normalized spacial score (nSPS) is 15.5. The summed E-state index contributed by atoms with van der Waals surface area (Å²) in [7, 11) is -2.41. The van der Waals surface area contributed by atoms with Crippen molar-refractivity contribution in [2.24, 2.45) is 10.1 Å². The second kappa shape index (κ2) is 7.88. The van der Waals surface area contributed by atoms with Gasteiger partial charge in [0.2, 0.25) is 10.0 Å². The topological polar surface area (TPSA) is 130 Å². The van der Waals surface area contributed by atoms with Crippen LogP contribution in [0.15, 0.2) is 64.1 Å². The van der Waals surface area contributed by atoms with Crippen LogP contribution >= 0.6 is 0 Å². The van der Waals surface area contributed by atoms with Gasteiger partial charge in [-0.25, -0.2) is 32.3 Å². The van der Waals surface area contributed by atoms with Crippen LogP contribution in [0.4, 0.5) is 20.2 Å². The molecule has 164 valence electrons. The summed E-state index contributed by atoms with van der Waals surface area (Å²) in [6.07, 6.45) is 3.72. The fourth-order valence-electron chi connectivity index (χ4n) is 2.97. The fourth-order valence-corrected chi connectivity index (χ4v) is 3.48. The summed E-state index contributed by atoms with van der Waals surface area (Å²) in [5, 5.41) is 12.3. The molecule has 1 aromatic heterocycles. The van der Waals surface area contributed by atoms with Gasteiger partial charge in [0, 0.05) is 6.20 Å². The van der Waals surface area contributed by atoms with Gasteiger partial charge < -0.3 is 4.74 Å². The first-order valence-electron chi connectivity index (χ1n) is 8.85. The molecule has 2 aliphatic rings. The zero-order chi connectivity index (χ0) is 22.2. The van der Waals surface area contributed by atoms with Crippen molar-refractivity contribution in [2.75, 3.05) is 17.5 Å². The number of fused-ring (bicyclic) bond motifs is 1. The molecule has 0 fully saturated rings. The van der Waals surface area contributed by atoms with Crippen molar-refractivity contribution in [1.29, 1.82) is 0 Å². The van der Waals surface area contributed by atoms with E-state index in [1.165, 1.54) is 36.8 Å². The number of nitrogens with two attached hydrogens (primary N) is 1. The SMILES string of the molecule is COc1nn(CC(F)F)cc1NN1C=NC2=CNN(c3ccc(S(N)(=O)=O)cc3)C2=C1. The van der Waals surface area contributed by atoms with Crippen molar-refractivity contribution in [2.45, 2.75) is 17.9 Å². The van der Waals surface area contributed by atoms with Crippen molar-refractivity contribution in [3.8, 4) is 5.88 Å². The van der Waals surface area contributed by atoms with Gasteiger partial charge in [-0.15, -0.1) is 5.10 Å². The fraction of sp³-hybridized carbons (Fsp3) is 0.176. The van der Waals surface area contributed by atoms with E-state index in [9.17, 15) is 17.2 Å². The van der Waals surface area contributed by atoms with E-state index in [-0.39, 0.29) is 10.8 Å². The average Bonchev–Trinajstić information content (AvgIpc) is 3.30. The average molecular weight is 452 g/mol. The van der Waals surface area contributed by atoms with E-state index in [0.717, 1.165) is 4.68 Å². The Bertz CT molecular complexity index is 1170.